The van der Waals surface area contributed by atoms with Gasteiger partial charge in [-0.15, -0.1) is 0 Å². The first-order chi connectivity index (χ1) is 7.74. The predicted octanol–water partition coefficient (Wildman–Crippen LogP) is 2.48. The molecule has 3 nitrogen and oxygen atoms in total. The number of rotatable bonds is 3. The van der Waals surface area contributed by atoms with Crippen LogP contribution in [0.15, 0.2) is 41.3 Å². The van der Waals surface area contributed by atoms with E-state index in [-0.39, 0.29) is 0 Å². The number of hydrogen-bond donors (Lipinski definition) is 0. The van der Waals surface area contributed by atoms with Crippen molar-refractivity contribution in [1.29, 1.82) is 0 Å². The summed E-state index contributed by atoms with van der Waals surface area (Å²) in [7, 11) is 0. The summed E-state index contributed by atoms with van der Waals surface area (Å²) in [4.78, 5) is 0.305. The third kappa shape index (κ3) is 1.94. The van der Waals surface area contributed by atoms with Gasteiger partial charge < -0.3 is 9.29 Å². The maximum Gasteiger partial charge on any atom is 0.127 e. The minimum atomic E-state index is -2.22. The van der Waals surface area contributed by atoms with E-state index < -0.39 is 11.1 Å². The Kier molecular flexibility index (Phi) is 3.22. The van der Waals surface area contributed by atoms with Crippen LogP contribution in [0.5, 0.6) is 5.75 Å². The van der Waals surface area contributed by atoms with Crippen molar-refractivity contribution >= 4 is 21.9 Å². The van der Waals surface area contributed by atoms with E-state index in [0.717, 1.165) is 5.39 Å². The molecule has 0 aliphatic rings. The first kappa shape index (κ1) is 11.1. The average molecular weight is 235 g/mol. The average Bonchev–Trinajstić information content (AvgIpc) is 2.29. The molecule has 1 atom stereocenters. The van der Waals surface area contributed by atoms with Crippen molar-refractivity contribution < 1.29 is 13.5 Å². The molecule has 2 aromatic carbocycles. The van der Waals surface area contributed by atoms with E-state index in [4.69, 9.17) is 4.74 Å². The van der Waals surface area contributed by atoms with Gasteiger partial charge in [-0.05, 0) is 30.1 Å². The van der Waals surface area contributed by atoms with E-state index in [9.17, 15) is 8.76 Å². The Hall–Kier alpha value is -1.39. The standard InChI is InChI=1S/C12H12O3S/c1-2-15-11-7-8-12(16(13)14)10-6-4-3-5-9(10)11/h3-8H,2H2,1H3,(H,13,14)/p-1. The van der Waals surface area contributed by atoms with Gasteiger partial charge in [-0.1, -0.05) is 24.3 Å². The zero-order valence-corrected chi connectivity index (χ0v) is 9.62. The molecule has 0 spiro atoms. The molecule has 4 heteroatoms. The zero-order valence-electron chi connectivity index (χ0n) is 8.80. The van der Waals surface area contributed by atoms with E-state index in [2.05, 4.69) is 0 Å². The van der Waals surface area contributed by atoms with Crippen molar-refractivity contribution in [2.45, 2.75) is 11.8 Å². The van der Waals surface area contributed by atoms with Crippen LogP contribution in [0.2, 0.25) is 0 Å². The lowest BCUT2D eigenvalue weighted by atomic mass is 10.1. The second-order valence-electron chi connectivity index (χ2n) is 3.28. The number of hydrogen-bond acceptors (Lipinski definition) is 3. The van der Waals surface area contributed by atoms with Crippen molar-refractivity contribution in [3.05, 3.63) is 36.4 Å². The highest BCUT2D eigenvalue weighted by Crippen LogP contribution is 2.29. The lowest BCUT2D eigenvalue weighted by Gasteiger charge is -2.12. The summed E-state index contributed by atoms with van der Waals surface area (Å²) in [6.45, 7) is 2.46. The van der Waals surface area contributed by atoms with Gasteiger partial charge >= 0.3 is 0 Å². The Balaban J connectivity index is 2.71. The van der Waals surface area contributed by atoms with Crippen LogP contribution in [-0.4, -0.2) is 15.4 Å². The molecule has 16 heavy (non-hydrogen) atoms. The zero-order chi connectivity index (χ0) is 11.5. The Morgan fingerprint density at radius 3 is 2.50 bits per heavy atom. The van der Waals surface area contributed by atoms with E-state index in [1.54, 1.807) is 18.2 Å². The fourth-order valence-corrected chi connectivity index (χ4v) is 2.21. The fraction of sp³-hybridized carbons (Fsp3) is 0.167. The first-order valence-corrected chi connectivity index (χ1v) is 6.05. The van der Waals surface area contributed by atoms with Crippen LogP contribution in [0.4, 0.5) is 0 Å². The van der Waals surface area contributed by atoms with Crippen LogP contribution in [0.25, 0.3) is 10.8 Å². The van der Waals surface area contributed by atoms with Gasteiger partial charge in [-0.3, -0.25) is 4.21 Å². The monoisotopic (exact) mass is 235 g/mol. The minimum absolute atomic E-state index is 0.305. The van der Waals surface area contributed by atoms with Crippen molar-refractivity contribution in [3.8, 4) is 5.75 Å². The minimum Gasteiger partial charge on any atom is -0.768 e. The molecular weight excluding hydrogens is 224 g/mol. The Morgan fingerprint density at radius 2 is 1.88 bits per heavy atom. The molecule has 0 aliphatic carbocycles. The molecule has 2 rings (SSSR count). The van der Waals surface area contributed by atoms with Crippen molar-refractivity contribution in [1.82, 2.24) is 0 Å². The largest absolute Gasteiger partial charge is 0.768 e. The van der Waals surface area contributed by atoms with Crippen LogP contribution in [0.3, 0.4) is 0 Å². The lowest BCUT2D eigenvalue weighted by molar-refractivity contribution is 0.344. The molecule has 0 bridgehead atoms. The fourth-order valence-electron chi connectivity index (χ4n) is 1.67. The molecule has 0 radical (unpaired) electrons. The number of ether oxygens (including phenoxy) is 1. The van der Waals surface area contributed by atoms with Gasteiger partial charge in [-0.2, -0.15) is 0 Å². The van der Waals surface area contributed by atoms with Gasteiger partial charge in [0.15, 0.2) is 0 Å². The smallest absolute Gasteiger partial charge is 0.127 e. The van der Waals surface area contributed by atoms with Gasteiger partial charge in [0.2, 0.25) is 0 Å². The molecule has 1 unspecified atom stereocenters. The summed E-state index contributed by atoms with van der Waals surface area (Å²) in [5.74, 6) is 0.715. The normalized spacial score (nSPS) is 12.6. The number of benzene rings is 2. The second-order valence-corrected chi connectivity index (χ2v) is 4.18. The van der Waals surface area contributed by atoms with E-state index in [0.29, 0.717) is 22.6 Å². The summed E-state index contributed by atoms with van der Waals surface area (Å²) in [6, 6.07) is 10.6. The van der Waals surface area contributed by atoms with Crippen molar-refractivity contribution in [3.63, 3.8) is 0 Å². The maximum absolute atomic E-state index is 11.0. The summed E-state index contributed by atoms with van der Waals surface area (Å²) in [5.41, 5.74) is 0. The molecule has 0 saturated carbocycles. The molecule has 0 aliphatic heterocycles. The summed E-state index contributed by atoms with van der Waals surface area (Å²) >= 11 is -2.22. The molecule has 0 saturated heterocycles. The topological polar surface area (TPSA) is 49.4 Å². The highest BCUT2D eigenvalue weighted by Gasteiger charge is 2.06. The Bertz CT molecular complexity index is 537. The highest BCUT2D eigenvalue weighted by atomic mass is 32.2. The summed E-state index contributed by atoms with van der Waals surface area (Å²) in [6.07, 6.45) is 0. The highest BCUT2D eigenvalue weighted by molar-refractivity contribution is 7.79. The molecular formula is C12H11O3S-. The van der Waals surface area contributed by atoms with Crippen molar-refractivity contribution in [2.75, 3.05) is 6.61 Å². The van der Waals surface area contributed by atoms with Crippen LogP contribution in [0.1, 0.15) is 6.92 Å². The third-order valence-electron chi connectivity index (χ3n) is 2.32. The molecule has 0 aromatic heterocycles. The van der Waals surface area contributed by atoms with Gasteiger partial charge in [-0.25, -0.2) is 0 Å². The first-order valence-electron chi connectivity index (χ1n) is 4.98. The van der Waals surface area contributed by atoms with Crippen LogP contribution in [0, 0.1) is 0 Å². The lowest BCUT2D eigenvalue weighted by Crippen LogP contribution is -1.95. The van der Waals surface area contributed by atoms with Gasteiger partial charge in [0, 0.05) is 15.7 Å². The third-order valence-corrected chi connectivity index (χ3v) is 3.04. The van der Waals surface area contributed by atoms with Crippen LogP contribution >= 0.6 is 0 Å². The molecule has 0 heterocycles. The van der Waals surface area contributed by atoms with E-state index >= 15 is 0 Å². The molecule has 0 fully saturated rings. The quantitative estimate of drug-likeness (QED) is 0.768. The van der Waals surface area contributed by atoms with Crippen molar-refractivity contribution in [2.24, 2.45) is 0 Å². The molecule has 2 aromatic rings. The van der Waals surface area contributed by atoms with Crippen LogP contribution in [-0.2, 0) is 11.1 Å². The summed E-state index contributed by atoms with van der Waals surface area (Å²) in [5, 5.41) is 1.52. The SMILES string of the molecule is CCOc1ccc(S(=O)[O-])c2ccccc12. The van der Waals surface area contributed by atoms with Gasteiger partial charge in [0.1, 0.15) is 5.75 Å². The number of fused-ring (bicyclic) bond motifs is 1. The summed E-state index contributed by atoms with van der Waals surface area (Å²) < 4.78 is 27.5. The molecule has 0 N–H and O–H groups in total. The Labute approximate surface area is 96.3 Å². The Morgan fingerprint density at radius 1 is 1.19 bits per heavy atom. The molecule has 84 valence electrons. The van der Waals surface area contributed by atoms with Gasteiger partial charge in [0.05, 0.1) is 6.61 Å². The molecule has 0 amide bonds. The van der Waals surface area contributed by atoms with E-state index in [1.165, 1.54) is 0 Å². The second kappa shape index (κ2) is 4.63. The van der Waals surface area contributed by atoms with Gasteiger partial charge in [0.25, 0.3) is 0 Å². The predicted molar refractivity (Wildman–Crippen MR) is 62.3 cm³/mol. The maximum atomic E-state index is 11.0. The van der Waals surface area contributed by atoms with Crippen LogP contribution < -0.4 is 4.74 Å². The van der Waals surface area contributed by atoms with E-state index in [1.807, 2.05) is 25.1 Å².